The molecule has 1 saturated carbocycles. The number of carbonyl (C=O) groups is 1. The molecule has 0 bridgehead atoms. The van der Waals surface area contributed by atoms with E-state index in [1.54, 1.807) is 20.8 Å². The number of hydrogen-bond donors (Lipinski definition) is 3. The number of rotatable bonds is 2. The predicted molar refractivity (Wildman–Crippen MR) is 60.7 cm³/mol. The van der Waals surface area contributed by atoms with Crippen molar-refractivity contribution in [3.05, 3.63) is 11.5 Å². The van der Waals surface area contributed by atoms with Gasteiger partial charge < -0.3 is 20.1 Å². The minimum absolute atomic E-state index is 0.0415. The number of nitrogens with one attached hydrogen (secondary N) is 1. The SMILES string of the molecule is CC(C)(C)OC(=O)NC1CC(=CB(O)O)C1. The van der Waals surface area contributed by atoms with Crippen LogP contribution in [-0.2, 0) is 4.74 Å². The molecule has 5 nitrogen and oxygen atoms in total. The van der Waals surface area contributed by atoms with Crippen molar-refractivity contribution in [2.45, 2.75) is 45.3 Å². The van der Waals surface area contributed by atoms with E-state index in [1.807, 2.05) is 0 Å². The van der Waals surface area contributed by atoms with Gasteiger partial charge in [0.2, 0.25) is 0 Å². The molecule has 3 N–H and O–H groups in total. The van der Waals surface area contributed by atoms with Crippen molar-refractivity contribution in [3.8, 4) is 0 Å². The van der Waals surface area contributed by atoms with Crippen LogP contribution >= 0.6 is 0 Å². The van der Waals surface area contributed by atoms with Crippen LogP contribution in [0.25, 0.3) is 0 Å². The topological polar surface area (TPSA) is 78.8 Å². The summed E-state index contributed by atoms with van der Waals surface area (Å²) >= 11 is 0. The summed E-state index contributed by atoms with van der Waals surface area (Å²) in [6.45, 7) is 5.42. The first-order valence-electron chi connectivity index (χ1n) is 5.31. The van der Waals surface area contributed by atoms with Gasteiger partial charge in [-0.25, -0.2) is 4.79 Å². The smallest absolute Gasteiger partial charge is 0.444 e. The molecule has 90 valence electrons. The summed E-state index contributed by atoms with van der Waals surface area (Å²) in [6.07, 6.45) is 0.870. The van der Waals surface area contributed by atoms with Gasteiger partial charge in [-0.1, -0.05) is 11.5 Å². The van der Waals surface area contributed by atoms with Gasteiger partial charge in [0.05, 0.1) is 0 Å². The largest absolute Gasteiger partial charge is 0.480 e. The van der Waals surface area contributed by atoms with E-state index in [2.05, 4.69) is 5.32 Å². The lowest BCUT2D eigenvalue weighted by molar-refractivity contribution is 0.0494. The van der Waals surface area contributed by atoms with Crippen molar-refractivity contribution in [3.63, 3.8) is 0 Å². The third kappa shape index (κ3) is 4.68. The fraction of sp³-hybridized carbons (Fsp3) is 0.700. The Morgan fingerprint density at radius 2 is 2.06 bits per heavy atom. The average molecular weight is 227 g/mol. The van der Waals surface area contributed by atoms with E-state index < -0.39 is 18.8 Å². The summed E-state index contributed by atoms with van der Waals surface area (Å²) in [7, 11) is -1.41. The molecule has 0 aromatic carbocycles. The van der Waals surface area contributed by atoms with Crippen molar-refractivity contribution in [2.24, 2.45) is 0 Å². The molecule has 1 rings (SSSR count). The summed E-state index contributed by atoms with van der Waals surface area (Å²) in [5, 5.41) is 20.1. The van der Waals surface area contributed by atoms with Crippen LogP contribution < -0.4 is 5.32 Å². The van der Waals surface area contributed by atoms with Crippen molar-refractivity contribution in [1.29, 1.82) is 0 Å². The number of amides is 1. The Morgan fingerprint density at radius 3 is 2.50 bits per heavy atom. The van der Waals surface area contributed by atoms with E-state index in [4.69, 9.17) is 14.8 Å². The van der Waals surface area contributed by atoms with E-state index >= 15 is 0 Å². The molecule has 1 aliphatic carbocycles. The van der Waals surface area contributed by atoms with Gasteiger partial charge >= 0.3 is 13.2 Å². The standard InChI is InChI=1S/C10H18BNO4/c1-10(2,3)16-9(13)12-8-4-7(5-8)6-11(14)15/h6,8,14-15H,4-5H2,1-3H3,(H,12,13). The number of hydrogen-bond acceptors (Lipinski definition) is 4. The highest BCUT2D eigenvalue weighted by Crippen LogP contribution is 2.26. The minimum Gasteiger partial charge on any atom is -0.444 e. The van der Waals surface area contributed by atoms with Crippen LogP contribution in [0.15, 0.2) is 11.5 Å². The molecule has 0 unspecified atom stereocenters. The molecule has 16 heavy (non-hydrogen) atoms. The molecule has 1 fully saturated rings. The van der Waals surface area contributed by atoms with Gasteiger partial charge in [0.15, 0.2) is 0 Å². The van der Waals surface area contributed by atoms with Gasteiger partial charge in [0.1, 0.15) is 5.60 Å². The van der Waals surface area contributed by atoms with Crippen LogP contribution in [-0.4, -0.2) is 34.9 Å². The quantitative estimate of drug-likeness (QED) is 0.604. The zero-order chi connectivity index (χ0) is 12.3. The van der Waals surface area contributed by atoms with Gasteiger partial charge in [-0.15, -0.1) is 0 Å². The molecule has 0 atom stereocenters. The first-order valence-corrected chi connectivity index (χ1v) is 5.31. The molecule has 0 aliphatic heterocycles. The fourth-order valence-corrected chi connectivity index (χ4v) is 1.50. The molecule has 0 aromatic heterocycles. The van der Waals surface area contributed by atoms with Gasteiger partial charge in [-0.05, 0) is 33.6 Å². The lowest BCUT2D eigenvalue weighted by Crippen LogP contribution is -2.43. The Kier molecular flexibility index (Phi) is 3.99. The Hall–Kier alpha value is -1.01. The fourth-order valence-electron chi connectivity index (χ4n) is 1.50. The highest BCUT2D eigenvalue weighted by atomic mass is 16.6. The summed E-state index contributed by atoms with van der Waals surface area (Å²) in [6, 6.07) is 0.0415. The summed E-state index contributed by atoms with van der Waals surface area (Å²) in [5.41, 5.74) is 0.449. The molecule has 0 radical (unpaired) electrons. The lowest BCUT2D eigenvalue weighted by Gasteiger charge is -2.31. The van der Waals surface area contributed by atoms with E-state index in [9.17, 15) is 4.79 Å². The van der Waals surface area contributed by atoms with Crippen LogP contribution in [0.3, 0.4) is 0 Å². The molecule has 1 aliphatic rings. The highest BCUT2D eigenvalue weighted by molar-refractivity contribution is 6.47. The number of alkyl carbamates (subject to hydrolysis) is 1. The molecule has 0 saturated heterocycles. The lowest BCUT2D eigenvalue weighted by atomic mass is 9.78. The second-order valence-corrected chi connectivity index (χ2v) is 4.99. The minimum atomic E-state index is -1.41. The zero-order valence-corrected chi connectivity index (χ0v) is 9.86. The summed E-state index contributed by atoms with van der Waals surface area (Å²) in [4.78, 5) is 11.3. The van der Waals surface area contributed by atoms with E-state index in [-0.39, 0.29) is 6.04 Å². The van der Waals surface area contributed by atoms with Crippen LogP contribution in [0.4, 0.5) is 4.79 Å². The van der Waals surface area contributed by atoms with Crippen LogP contribution in [0.1, 0.15) is 33.6 Å². The molecule has 0 aromatic rings. The predicted octanol–water partition coefficient (Wildman–Crippen LogP) is 0.612. The Balaban J connectivity index is 2.25. The number of ether oxygens (including phenoxy) is 1. The molecule has 1 amide bonds. The van der Waals surface area contributed by atoms with Crippen LogP contribution in [0.2, 0.25) is 0 Å². The monoisotopic (exact) mass is 227 g/mol. The van der Waals surface area contributed by atoms with E-state index in [0.29, 0.717) is 12.8 Å². The maximum Gasteiger partial charge on any atom is 0.480 e. The molecule has 0 heterocycles. The first kappa shape index (κ1) is 13.1. The third-order valence-corrected chi connectivity index (χ3v) is 2.12. The van der Waals surface area contributed by atoms with Crippen molar-refractivity contribution < 1.29 is 19.6 Å². The van der Waals surface area contributed by atoms with Gasteiger partial charge in [-0.2, -0.15) is 0 Å². The molecule has 6 heteroatoms. The van der Waals surface area contributed by atoms with Crippen LogP contribution in [0.5, 0.6) is 0 Å². The maximum atomic E-state index is 11.3. The summed E-state index contributed by atoms with van der Waals surface area (Å²) in [5.74, 6) is 1.38. The van der Waals surface area contributed by atoms with Crippen molar-refractivity contribution >= 4 is 13.2 Å². The van der Waals surface area contributed by atoms with E-state index in [0.717, 1.165) is 5.57 Å². The third-order valence-electron chi connectivity index (χ3n) is 2.12. The summed E-state index contributed by atoms with van der Waals surface area (Å²) < 4.78 is 5.09. The van der Waals surface area contributed by atoms with Crippen LogP contribution in [0, 0.1) is 0 Å². The zero-order valence-electron chi connectivity index (χ0n) is 9.86. The Bertz CT molecular complexity index is 288. The van der Waals surface area contributed by atoms with Crippen molar-refractivity contribution in [1.82, 2.24) is 5.32 Å². The Labute approximate surface area is 95.6 Å². The second kappa shape index (κ2) is 4.89. The molecular weight excluding hydrogens is 209 g/mol. The first-order chi connectivity index (χ1) is 7.26. The average Bonchev–Trinajstić information content (AvgIpc) is 1.95. The molecular formula is C10H18BNO4. The second-order valence-electron chi connectivity index (χ2n) is 4.99. The Morgan fingerprint density at radius 1 is 1.50 bits per heavy atom. The van der Waals surface area contributed by atoms with Crippen molar-refractivity contribution in [2.75, 3.05) is 0 Å². The highest BCUT2D eigenvalue weighted by Gasteiger charge is 2.27. The number of carbonyl (C=O) groups excluding carboxylic acids is 1. The van der Waals surface area contributed by atoms with Gasteiger partial charge in [0, 0.05) is 6.04 Å². The van der Waals surface area contributed by atoms with Gasteiger partial charge in [-0.3, -0.25) is 0 Å². The van der Waals surface area contributed by atoms with E-state index in [1.165, 1.54) is 5.98 Å². The molecule has 0 spiro atoms. The maximum absolute atomic E-state index is 11.3. The van der Waals surface area contributed by atoms with Gasteiger partial charge in [0.25, 0.3) is 0 Å². The normalized spacial score (nSPS) is 19.8.